The molecule has 1 atom stereocenters. The van der Waals surface area contributed by atoms with E-state index in [1.165, 1.54) is 0 Å². The molecule has 1 heterocycles. The number of fused-ring (bicyclic) bond motifs is 1. The van der Waals surface area contributed by atoms with Crippen molar-refractivity contribution in [2.45, 2.75) is 25.4 Å². The lowest BCUT2D eigenvalue weighted by Gasteiger charge is -2.24. The minimum atomic E-state index is -0.772. The van der Waals surface area contributed by atoms with Gasteiger partial charge in [-0.3, -0.25) is 4.98 Å². The van der Waals surface area contributed by atoms with Gasteiger partial charge in [-0.2, -0.15) is 0 Å². The summed E-state index contributed by atoms with van der Waals surface area (Å²) in [5.41, 5.74) is 2.50. The summed E-state index contributed by atoms with van der Waals surface area (Å²) in [7, 11) is 0. The van der Waals surface area contributed by atoms with E-state index in [0.29, 0.717) is 12.8 Å². The van der Waals surface area contributed by atoms with Gasteiger partial charge in [-0.05, 0) is 30.2 Å². The molecule has 2 heteroatoms. The fourth-order valence-electron chi connectivity index (χ4n) is 2.82. The third-order valence-corrected chi connectivity index (χ3v) is 3.74. The zero-order valence-corrected chi connectivity index (χ0v) is 12.2. The fourth-order valence-corrected chi connectivity index (χ4v) is 2.82. The molecule has 2 nitrogen and oxygen atoms in total. The Balaban J connectivity index is 1.87. The quantitative estimate of drug-likeness (QED) is 0.787. The van der Waals surface area contributed by atoms with Crippen LogP contribution in [0.1, 0.15) is 18.1 Å². The van der Waals surface area contributed by atoms with Gasteiger partial charge in [-0.1, -0.05) is 48.5 Å². The van der Waals surface area contributed by atoms with Gasteiger partial charge in [0.1, 0.15) is 0 Å². The van der Waals surface area contributed by atoms with E-state index in [9.17, 15) is 5.11 Å². The lowest BCUT2D eigenvalue weighted by Crippen LogP contribution is -2.30. The molecule has 0 bridgehead atoms. The molecule has 0 aliphatic rings. The standard InChI is InChI=1S/C19H19NO/c1-19(21,13-15-7-3-2-4-8-15)14-16-11-12-20-18-10-6-5-9-17(16)18/h2-12,21H,13-14H2,1H3. The van der Waals surface area contributed by atoms with E-state index in [1.54, 1.807) is 0 Å². The van der Waals surface area contributed by atoms with Crippen LogP contribution in [0.25, 0.3) is 10.9 Å². The van der Waals surface area contributed by atoms with Gasteiger partial charge in [0, 0.05) is 24.4 Å². The number of benzene rings is 2. The van der Waals surface area contributed by atoms with Crippen LogP contribution in [0.4, 0.5) is 0 Å². The Morgan fingerprint density at radius 3 is 2.43 bits per heavy atom. The summed E-state index contributed by atoms with van der Waals surface area (Å²) in [5, 5.41) is 11.9. The number of aromatic nitrogens is 1. The number of hydrogen-bond donors (Lipinski definition) is 1. The van der Waals surface area contributed by atoms with Gasteiger partial charge in [-0.25, -0.2) is 0 Å². The Hall–Kier alpha value is -2.19. The topological polar surface area (TPSA) is 33.1 Å². The van der Waals surface area contributed by atoms with Crippen molar-refractivity contribution in [1.82, 2.24) is 4.98 Å². The van der Waals surface area contributed by atoms with Crippen molar-refractivity contribution in [2.24, 2.45) is 0 Å². The first-order valence-electron chi connectivity index (χ1n) is 7.23. The minimum Gasteiger partial charge on any atom is -0.389 e. The Bertz CT molecular complexity index is 729. The van der Waals surface area contributed by atoms with E-state index in [0.717, 1.165) is 22.0 Å². The second kappa shape index (κ2) is 5.66. The Morgan fingerprint density at radius 1 is 0.905 bits per heavy atom. The summed E-state index contributed by atoms with van der Waals surface area (Å²) in [6.45, 7) is 1.90. The van der Waals surface area contributed by atoms with Crippen LogP contribution in [0.15, 0.2) is 66.9 Å². The van der Waals surface area contributed by atoms with Gasteiger partial charge in [0.25, 0.3) is 0 Å². The molecule has 1 N–H and O–H groups in total. The smallest absolute Gasteiger partial charge is 0.0704 e. The molecule has 0 fully saturated rings. The van der Waals surface area contributed by atoms with Gasteiger partial charge in [0.05, 0.1) is 11.1 Å². The molecule has 0 spiro atoms. The highest BCUT2D eigenvalue weighted by Crippen LogP contribution is 2.23. The van der Waals surface area contributed by atoms with Crippen LogP contribution in [-0.4, -0.2) is 15.7 Å². The molecule has 21 heavy (non-hydrogen) atoms. The molecular weight excluding hydrogens is 258 g/mol. The van der Waals surface area contributed by atoms with E-state index < -0.39 is 5.60 Å². The fraction of sp³-hybridized carbons (Fsp3) is 0.211. The van der Waals surface area contributed by atoms with E-state index in [4.69, 9.17) is 0 Å². The molecule has 106 valence electrons. The third kappa shape index (κ3) is 3.29. The monoisotopic (exact) mass is 277 g/mol. The first-order chi connectivity index (χ1) is 10.1. The van der Waals surface area contributed by atoms with Gasteiger partial charge < -0.3 is 5.11 Å². The van der Waals surface area contributed by atoms with Gasteiger partial charge in [-0.15, -0.1) is 0 Å². The molecule has 0 aliphatic heterocycles. The van der Waals surface area contributed by atoms with Gasteiger partial charge in [0.15, 0.2) is 0 Å². The van der Waals surface area contributed by atoms with Crippen LogP contribution >= 0.6 is 0 Å². The van der Waals surface area contributed by atoms with E-state index in [-0.39, 0.29) is 0 Å². The molecular formula is C19H19NO. The zero-order valence-electron chi connectivity index (χ0n) is 12.2. The average Bonchev–Trinajstić information content (AvgIpc) is 2.48. The van der Waals surface area contributed by atoms with Crippen LogP contribution in [-0.2, 0) is 12.8 Å². The van der Waals surface area contributed by atoms with Crippen molar-refractivity contribution in [3.05, 3.63) is 78.0 Å². The van der Waals surface area contributed by atoms with Crippen molar-refractivity contribution in [3.8, 4) is 0 Å². The SMILES string of the molecule is CC(O)(Cc1ccccc1)Cc1ccnc2ccccc12. The molecule has 0 saturated carbocycles. The average molecular weight is 277 g/mol. The van der Waals surface area contributed by atoms with Gasteiger partial charge >= 0.3 is 0 Å². The normalized spacial score (nSPS) is 14.0. The lowest BCUT2D eigenvalue weighted by atomic mass is 9.89. The highest BCUT2D eigenvalue weighted by Gasteiger charge is 2.22. The lowest BCUT2D eigenvalue weighted by molar-refractivity contribution is 0.0611. The largest absolute Gasteiger partial charge is 0.389 e. The second-order valence-corrected chi connectivity index (χ2v) is 5.82. The van der Waals surface area contributed by atoms with Crippen LogP contribution in [0.2, 0.25) is 0 Å². The molecule has 0 aliphatic carbocycles. The highest BCUT2D eigenvalue weighted by atomic mass is 16.3. The van der Waals surface area contributed by atoms with Crippen LogP contribution in [0, 0.1) is 0 Å². The molecule has 1 unspecified atom stereocenters. The predicted octanol–water partition coefficient (Wildman–Crippen LogP) is 3.77. The maximum Gasteiger partial charge on any atom is 0.0704 e. The van der Waals surface area contributed by atoms with E-state index in [1.807, 2.05) is 55.6 Å². The zero-order chi connectivity index (χ0) is 14.7. The molecule has 3 rings (SSSR count). The Kier molecular flexibility index (Phi) is 3.72. The predicted molar refractivity (Wildman–Crippen MR) is 86.2 cm³/mol. The molecule has 0 radical (unpaired) electrons. The summed E-state index contributed by atoms with van der Waals surface area (Å²) < 4.78 is 0. The molecule has 1 aromatic heterocycles. The van der Waals surface area contributed by atoms with Crippen molar-refractivity contribution >= 4 is 10.9 Å². The first-order valence-corrected chi connectivity index (χ1v) is 7.23. The van der Waals surface area contributed by atoms with Crippen molar-refractivity contribution in [1.29, 1.82) is 0 Å². The van der Waals surface area contributed by atoms with Crippen molar-refractivity contribution in [3.63, 3.8) is 0 Å². The van der Waals surface area contributed by atoms with E-state index in [2.05, 4.69) is 23.2 Å². The number of para-hydroxylation sites is 1. The molecule has 3 aromatic rings. The number of rotatable bonds is 4. The highest BCUT2D eigenvalue weighted by molar-refractivity contribution is 5.81. The number of hydrogen-bond acceptors (Lipinski definition) is 2. The van der Waals surface area contributed by atoms with Crippen LogP contribution < -0.4 is 0 Å². The maximum atomic E-state index is 10.8. The summed E-state index contributed by atoms with van der Waals surface area (Å²) in [6.07, 6.45) is 3.08. The summed E-state index contributed by atoms with van der Waals surface area (Å²) in [6, 6.07) is 20.2. The number of nitrogens with zero attached hydrogens (tertiary/aromatic N) is 1. The van der Waals surface area contributed by atoms with E-state index >= 15 is 0 Å². The maximum absolute atomic E-state index is 10.8. The summed E-state index contributed by atoms with van der Waals surface area (Å²) in [5.74, 6) is 0. The molecule has 0 saturated heterocycles. The molecule has 2 aromatic carbocycles. The number of pyridine rings is 1. The van der Waals surface area contributed by atoms with Crippen molar-refractivity contribution < 1.29 is 5.11 Å². The Labute approximate surface area is 125 Å². The van der Waals surface area contributed by atoms with Crippen LogP contribution in [0.5, 0.6) is 0 Å². The first kappa shape index (κ1) is 13.8. The van der Waals surface area contributed by atoms with Gasteiger partial charge in [0.2, 0.25) is 0 Å². The Morgan fingerprint density at radius 2 is 1.62 bits per heavy atom. The van der Waals surface area contributed by atoms with Crippen LogP contribution in [0.3, 0.4) is 0 Å². The van der Waals surface area contributed by atoms with Crippen molar-refractivity contribution in [2.75, 3.05) is 0 Å². The summed E-state index contributed by atoms with van der Waals surface area (Å²) in [4.78, 5) is 4.37. The number of aliphatic hydroxyl groups is 1. The second-order valence-electron chi connectivity index (χ2n) is 5.82. The third-order valence-electron chi connectivity index (χ3n) is 3.74. The molecule has 0 amide bonds. The minimum absolute atomic E-state index is 0.616. The summed E-state index contributed by atoms with van der Waals surface area (Å²) >= 11 is 0.